The van der Waals surface area contributed by atoms with Crippen molar-refractivity contribution in [3.63, 3.8) is 0 Å². The van der Waals surface area contributed by atoms with Gasteiger partial charge in [0.2, 0.25) is 0 Å². The lowest BCUT2D eigenvalue weighted by Crippen LogP contribution is -2.33. The number of hydrogen-bond donors (Lipinski definition) is 0. The normalized spacial score (nSPS) is 12.9. The molecule has 1 unspecified atom stereocenters. The standard InChI is InChI=1S/C9H12F2I2O5/c1-2-9(10,11)17-5-6(4-16-8(13)15)18-7(14)3-12/h6H,2-5H2,1H3. The summed E-state index contributed by atoms with van der Waals surface area (Å²) >= 11 is 3.15. The summed E-state index contributed by atoms with van der Waals surface area (Å²) in [5, 5.41) is 0. The summed E-state index contributed by atoms with van der Waals surface area (Å²) < 4.78 is 38.9. The molecule has 0 bridgehead atoms. The molecule has 0 heterocycles. The third-order valence-electron chi connectivity index (χ3n) is 1.68. The molecule has 106 valence electrons. The number of hydrogen-bond acceptors (Lipinski definition) is 5. The van der Waals surface area contributed by atoms with E-state index in [4.69, 9.17) is 4.74 Å². The van der Waals surface area contributed by atoms with Crippen LogP contribution in [0, 0.1) is 0 Å². The van der Waals surface area contributed by atoms with Crippen molar-refractivity contribution in [2.45, 2.75) is 25.6 Å². The van der Waals surface area contributed by atoms with Gasteiger partial charge >= 0.3 is 16.1 Å². The summed E-state index contributed by atoms with van der Waals surface area (Å²) in [4.78, 5) is 21.6. The lowest BCUT2D eigenvalue weighted by molar-refractivity contribution is -0.252. The Morgan fingerprint density at radius 1 is 1.33 bits per heavy atom. The van der Waals surface area contributed by atoms with E-state index in [2.05, 4.69) is 9.47 Å². The molecular weight excluding hydrogens is 480 g/mol. The SMILES string of the molecule is CCC(F)(F)OCC(COC(=O)I)OC(=O)CI. The third kappa shape index (κ3) is 9.19. The summed E-state index contributed by atoms with van der Waals surface area (Å²) in [6, 6.07) is 0. The zero-order valence-electron chi connectivity index (χ0n) is 9.46. The molecule has 0 aliphatic heterocycles. The molecule has 0 aliphatic carbocycles. The molecule has 0 spiro atoms. The van der Waals surface area contributed by atoms with Gasteiger partial charge in [-0.25, -0.2) is 4.79 Å². The highest BCUT2D eigenvalue weighted by molar-refractivity contribution is 14.1. The Balaban J connectivity index is 4.28. The molecule has 1 atom stereocenters. The molecule has 5 nitrogen and oxygen atoms in total. The van der Waals surface area contributed by atoms with Gasteiger partial charge in [0.15, 0.2) is 6.10 Å². The van der Waals surface area contributed by atoms with Crippen LogP contribution in [0.25, 0.3) is 0 Å². The molecule has 0 saturated heterocycles. The van der Waals surface area contributed by atoms with Gasteiger partial charge in [-0.3, -0.25) is 4.79 Å². The molecule has 0 rings (SSSR count). The molecular formula is C9H12F2I2O5. The molecule has 0 aromatic rings. The Hall–Kier alpha value is 0.220. The molecule has 0 aromatic heterocycles. The molecule has 0 N–H and O–H groups in total. The summed E-state index contributed by atoms with van der Waals surface area (Å²) in [5.41, 5.74) is 0. The summed E-state index contributed by atoms with van der Waals surface area (Å²) in [6.07, 6.45) is -4.82. The van der Waals surface area contributed by atoms with Crippen LogP contribution in [-0.2, 0) is 19.0 Å². The predicted molar refractivity (Wildman–Crippen MR) is 75.3 cm³/mol. The molecule has 0 radical (unpaired) electrons. The van der Waals surface area contributed by atoms with Crippen LogP contribution < -0.4 is 0 Å². The Morgan fingerprint density at radius 2 is 1.94 bits per heavy atom. The van der Waals surface area contributed by atoms with E-state index < -0.39 is 35.2 Å². The van der Waals surface area contributed by atoms with E-state index in [1.165, 1.54) is 29.5 Å². The first-order valence-electron chi connectivity index (χ1n) is 4.90. The van der Waals surface area contributed by atoms with Gasteiger partial charge < -0.3 is 14.2 Å². The van der Waals surface area contributed by atoms with Crippen LogP contribution in [0.15, 0.2) is 0 Å². The van der Waals surface area contributed by atoms with Crippen LogP contribution in [0.5, 0.6) is 0 Å². The summed E-state index contributed by atoms with van der Waals surface area (Å²) in [6.45, 7) is 0.411. The summed E-state index contributed by atoms with van der Waals surface area (Å²) in [5.74, 6) is -0.589. The fraction of sp³-hybridized carbons (Fsp3) is 0.778. The minimum Gasteiger partial charge on any atom is -0.456 e. The number of carbonyl (C=O) groups is 2. The van der Waals surface area contributed by atoms with Gasteiger partial charge in [-0.05, 0) is 0 Å². The maximum atomic E-state index is 12.9. The van der Waals surface area contributed by atoms with E-state index in [1.807, 2.05) is 0 Å². The topological polar surface area (TPSA) is 61.8 Å². The van der Waals surface area contributed by atoms with E-state index in [0.29, 0.717) is 0 Å². The minimum atomic E-state index is -3.29. The largest absolute Gasteiger partial charge is 0.456 e. The molecule has 9 heteroatoms. The minimum absolute atomic E-state index is 0.0661. The van der Waals surface area contributed by atoms with Crippen molar-refractivity contribution in [3.8, 4) is 0 Å². The number of esters is 1. The van der Waals surface area contributed by atoms with E-state index in [0.717, 1.165) is 0 Å². The predicted octanol–water partition coefficient (Wildman–Crippen LogP) is 2.92. The van der Waals surface area contributed by atoms with E-state index in [1.54, 1.807) is 22.6 Å². The Morgan fingerprint density at radius 3 is 2.39 bits per heavy atom. The van der Waals surface area contributed by atoms with Crippen LogP contribution in [0.3, 0.4) is 0 Å². The van der Waals surface area contributed by atoms with Gasteiger partial charge in [0.1, 0.15) is 6.61 Å². The second-order valence-electron chi connectivity index (χ2n) is 3.10. The van der Waals surface area contributed by atoms with Gasteiger partial charge in [-0.2, -0.15) is 8.78 Å². The van der Waals surface area contributed by atoms with Crippen LogP contribution in [0.4, 0.5) is 13.6 Å². The van der Waals surface area contributed by atoms with Crippen molar-refractivity contribution < 1.29 is 32.6 Å². The quantitative estimate of drug-likeness (QED) is 0.226. The Labute approximate surface area is 130 Å². The average molecular weight is 492 g/mol. The van der Waals surface area contributed by atoms with E-state index in [-0.39, 0.29) is 11.0 Å². The Bertz CT molecular complexity index is 288. The number of alkyl halides is 3. The smallest absolute Gasteiger partial charge is 0.367 e. The summed E-state index contributed by atoms with van der Waals surface area (Å²) in [7, 11) is 0. The van der Waals surface area contributed by atoms with Crippen molar-refractivity contribution in [1.29, 1.82) is 0 Å². The van der Waals surface area contributed by atoms with Crippen molar-refractivity contribution in [2.75, 3.05) is 17.6 Å². The van der Waals surface area contributed by atoms with Crippen molar-refractivity contribution in [2.24, 2.45) is 0 Å². The van der Waals surface area contributed by atoms with Gasteiger partial charge in [-0.1, -0.05) is 29.5 Å². The second-order valence-corrected chi connectivity index (χ2v) is 4.74. The highest BCUT2D eigenvalue weighted by Gasteiger charge is 2.29. The lowest BCUT2D eigenvalue weighted by Gasteiger charge is -2.20. The molecule has 0 aliphatic rings. The van der Waals surface area contributed by atoms with Gasteiger partial charge in [-0.15, -0.1) is 0 Å². The third-order valence-corrected chi connectivity index (χ3v) is 2.62. The molecule has 0 aromatic carbocycles. The van der Waals surface area contributed by atoms with E-state index in [9.17, 15) is 18.4 Å². The maximum Gasteiger partial charge on any atom is 0.367 e. The fourth-order valence-electron chi connectivity index (χ4n) is 0.809. The molecule has 0 fully saturated rings. The zero-order valence-corrected chi connectivity index (χ0v) is 13.8. The lowest BCUT2D eigenvalue weighted by atomic mass is 10.4. The van der Waals surface area contributed by atoms with E-state index >= 15 is 0 Å². The second kappa shape index (κ2) is 9.18. The highest BCUT2D eigenvalue weighted by Crippen LogP contribution is 2.19. The van der Waals surface area contributed by atoms with Crippen molar-refractivity contribution >= 4 is 55.1 Å². The van der Waals surface area contributed by atoms with Gasteiger partial charge in [0.25, 0.3) is 0 Å². The first-order chi connectivity index (χ1) is 8.30. The van der Waals surface area contributed by atoms with Crippen molar-refractivity contribution in [1.82, 2.24) is 0 Å². The number of halogens is 4. The fourth-order valence-corrected chi connectivity index (χ4v) is 1.17. The van der Waals surface area contributed by atoms with Crippen LogP contribution in [-0.4, -0.2) is 39.8 Å². The van der Waals surface area contributed by atoms with Crippen LogP contribution >= 0.6 is 45.2 Å². The zero-order chi connectivity index (χ0) is 14.2. The van der Waals surface area contributed by atoms with Crippen LogP contribution in [0.2, 0.25) is 0 Å². The number of rotatable bonds is 8. The van der Waals surface area contributed by atoms with Gasteiger partial charge in [0.05, 0.1) is 33.6 Å². The number of ether oxygens (including phenoxy) is 3. The molecule has 18 heavy (non-hydrogen) atoms. The highest BCUT2D eigenvalue weighted by atomic mass is 127. The monoisotopic (exact) mass is 492 g/mol. The molecule has 0 saturated carbocycles. The van der Waals surface area contributed by atoms with Gasteiger partial charge in [0, 0.05) is 6.42 Å². The average Bonchev–Trinajstić information content (AvgIpc) is 2.32. The first kappa shape index (κ1) is 18.2. The molecule has 0 amide bonds. The van der Waals surface area contributed by atoms with Crippen LogP contribution in [0.1, 0.15) is 13.3 Å². The Kier molecular flexibility index (Phi) is 9.29. The number of carbonyl (C=O) groups excluding carboxylic acids is 2. The maximum absolute atomic E-state index is 12.9. The van der Waals surface area contributed by atoms with Crippen molar-refractivity contribution in [3.05, 3.63) is 0 Å². The first-order valence-corrected chi connectivity index (χ1v) is 7.50.